The first-order valence-corrected chi connectivity index (χ1v) is 20.4. The molecule has 1 radical (unpaired) electrons. The number of halogens is 6. The molecule has 0 amide bonds. The third kappa shape index (κ3) is 15.1. The number of allylic oxidation sites excluding steroid dienone is 2. The Hall–Kier alpha value is -2.86. The van der Waals surface area contributed by atoms with Crippen molar-refractivity contribution in [1.29, 1.82) is 0 Å². The minimum atomic E-state index is 0. The second-order valence-electron chi connectivity index (χ2n) is 10.8. The number of hydrogen-bond acceptors (Lipinski definition) is 2. The average Bonchev–Trinajstić information content (AvgIpc) is 3.15. The molecular weight excluding hydrogens is 1100 g/mol. The number of rotatable bonds is 10. The molecule has 0 unspecified atom stereocenters. The van der Waals surface area contributed by atoms with E-state index in [1.165, 1.54) is 0 Å². The van der Waals surface area contributed by atoms with Crippen LogP contribution in [0.4, 0.5) is 22.7 Å². The minimum Gasteiger partial charge on any atom is -0.657 e. The molecule has 0 aliphatic heterocycles. The van der Waals surface area contributed by atoms with Gasteiger partial charge >= 0.3 is 17.1 Å². The van der Waals surface area contributed by atoms with Crippen LogP contribution in [0.2, 0.25) is 0 Å². The van der Waals surface area contributed by atoms with E-state index in [1.807, 2.05) is 158 Å². The van der Waals surface area contributed by atoms with Crippen LogP contribution >= 0.6 is 95.6 Å². The Bertz CT molecular complexity index is 1990. The Labute approximate surface area is 371 Å². The summed E-state index contributed by atoms with van der Waals surface area (Å²) >= 11 is 20.7. The standard InChI is InChI=1S/2C21H14Br3N2.Cu/c2*22-16-3-1-15(2-4-16)21(26-20-11-7-18(24)8-12-20)13-14-25-19-9-5-17(23)6-10-19;/h2*1-14H;/q2*-1;+2/b2*21-13-,25-14?;. The quantitative estimate of drug-likeness (QED) is 0.0970. The van der Waals surface area contributed by atoms with Crippen LogP contribution in [-0.2, 0) is 17.1 Å². The summed E-state index contributed by atoms with van der Waals surface area (Å²) in [6.07, 6.45) is 7.41. The fourth-order valence-electron chi connectivity index (χ4n) is 4.39. The summed E-state index contributed by atoms with van der Waals surface area (Å²) in [4.78, 5) is 8.97. The summed E-state index contributed by atoms with van der Waals surface area (Å²) < 4.78 is 6.20. The predicted molar refractivity (Wildman–Crippen MR) is 243 cm³/mol. The topological polar surface area (TPSA) is 52.9 Å². The summed E-state index contributed by atoms with van der Waals surface area (Å²) in [5, 5.41) is 9.54. The van der Waals surface area contributed by atoms with E-state index in [-0.39, 0.29) is 17.1 Å². The van der Waals surface area contributed by atoms with Gasteiger partial charge in [0.15, 0.2) is 0 Å². The smallest absolute Gasteiger partial charge is 0.657 e. The predicted octanol–water partition coefficient (Wildman–Crippen LogP) is 16.8. The van der Waals surface area contributed by atoms with Gasteiger partial charge in [0, 0.05) is 39.3 Å². The van der Waals surface area contributed by atoms with E-state index in [4.69, 9.17) is 10.6 Å². The van der Waals surface area contributed by atoms with Crippen molar-refractivity contribution in [3.05, 3.63) is 206 Å². The molecule has 0 fully saturated rings. The average molecular weight is 1130 g/mol. The largest absolute Gasteiger partial charge is 2.00 e. The molecule has 6 aromatic rings. The van der Waals surface area contributed by atoms with Crippen molar-refractivity contribution in [2.75, 3.05) is 0 Å². The first-order chi connectivity index (χ1) is 25.2. The van der Waals surface area contributed by atoms with Crippen LogP contribution < -0.4 is 0 Å². The Balaban J connectivity index is 0.000000232. The Kier molecular flexibility index (Phi) is 18.2. The molecule has 0 atom stereocenters. The van der Waals surface area contributed by atoms with Crippen LogP contribution in [-0.4, -0.2) is 12.4 Å². The van der Waals surface area contributed by atoms with E-state index in [9.17, 15) is 0 Å². The molecule has 0 aliphatic rings. The molecule has 0 spiro atoms. The molecule has 6 aromatic carbocycles. The van der Waals surface area contributed by atoms with Crippen LogP contribution in [0, 0.1) is 0 Å². The summed E-state index contributed by atoms with van der Waals surface area (Å²) in [7, 11) is 0. The van der Waals surface area contributed by atoms with Gasteiger partial charge in [0.25, 0.3) is 0 Å². The van der Waals surface area contributed by atoms with Crippen LogP contribution in [0.25, 0.3) is 22.0 Å². The molecule has 0 N–H and O–H groups in total. The Morgan fingerprint density at radius 3 is 0.887 bits per heavy atom. The van der Waals surface area contributed by atoms with Gasteiger partial charge in [0.2, 0.25) is 0 Å². The molecule has 0 heterocycles. The maximum absolute atomic E-state index is 4.77. The molecular formula is C42H28Br6CuN4. The summed E-state index contributed by atoms with van der Waals surface area (Å²) in [6.45, 7) is 0. The molecule has 0 saturated heterocycles. The van der Waals surface area contributed by atoms with Crippen LogP contribution in [0.3, 0.4) is 0 Å². The van der Waals surface area contributed by atoms with Crippen molar-refractivity contribution in [3.8, 4) is 0 Å². The van der Waals surface area contributed by atoms with E-state index in [0.717, 1.165) is 72.1 Å². The van der Waals surface area contributed by atoms with Crippen LogP contribution in [0.5, 0.6) is 0 Å². The van der Waals surface area contributed by atoms with Gasteiger partial charge in [-0.05, 0) is 108 Å². The molecule has 53 heavy (non-hydrogen) atoms. The Morgan fingerprint density at radius 2 is 0.604 bits per heavy atom. The summed E-state index contributed by atoms with van der Waals surface area (Å²) in [5.41, 5.74) is 7.31. The summed E-state index contributed by atoms with van der Waals surface area (Å²) in [6, 6.07) is 47.7. The molecule has 269 valence electrons. The van der Waals surface area contributed by atoms with Gasteiger partial charge in [0.05, 0.1) is 11.4 Å². The van der Waals surface area contributed by atoms with Gasteiger partial charge < -0.3 is 10.6 Å². The van der Waals surface area contributed by atoms with Crippen molar-refractivity contribution in [1.82, 2.24) is 0 Å². The number of aliphatic imine (C=N–C) groups is 2. The molecule has 0 saturated carbocycles. The van der Waals surface area contributed by atoms with E-state index in [1.54, 1.807) is 12.4 Å². The zero-order valence-electron chi connectivity index (χ0n) is 27.5. The van der Waals surface area contributed by atoms with Gasteiger partial charge in [-0.15, -0.1) is 22.8 Å². The zero-order chi connectivity index (χ0) is 36.7. The van der Waals surface area contributed by atoms with Crippen molar-refractivity contribution in [2.45, 2.75) is 0 Å². The van der Waals surface area contributed by atoms with Crippen LogP contribution in [0.15, 0.2) is 195 Å². The van der Waals surface area contributed by atoms with Crippen molar-refractivity contribution in [2.24, 2.45) is 9.98 Å². The molecule has 0 aromatic heterocycles. The Morgan fingerprint density at radius 1 is 0.358 bits per heavy atom. The monoisotopic (exact) mass is 1120 g/mol. The van der Waals surface area contributed by atoms with Gasteiger partial charge in [-0.3, -0.25) is 9.98 Å². The minimum absolute atomic E-state index is 0. The third-order valence-electron chi connectivity index (χ3n) is 7.00. The van der Waals surface area contributed by atoms with Gasteiger partial charge in [0.1, 0.15) is 0 Å². The van der Waals surface area contributed by atoms with Crippen molar-refractivity contribution >= 4 is 142 Å². The molecule has 0 bridgehead atoms. The first-order valence-electron chi connectivity index (χ1n) is 15.7. The van der Waals surface area contributed by atoms with Gasteiger partial charge in [-0.2, -0.15) is 0 Å². The second kappa shape index (κ2) is 22.5. The van der Waals surface area contributed by atoms with E-state index >= 15 is 0 Å². The maximum atomic E-state index is 4.77. The number of hydrogen-bond donors (Lipinski definition) is 0. The van der Waals surface area contributed by atoms with E-state index in [0.29, 0.717) is 0 Å². The second-order valence-corrected chi connectivity index (χ2v) is 16.3. The SMILES string of the molecule is Brc1ccc(N=C/C=C(\[N-]c2ccc(Br)cc2)c2ccc(Br)cc2)cc1.Brc1ccc(N=C/C=C(\[N-]c2ccc(Br)cc2)c2ccc(Br)cc2)cc1.[Cu+2]. The fraction of sp³-hybridized carbons (Fsp3) is 0. The zero-order valence-corrected chi connectivity index (χ0v) is 38.0. The molecule has 4 nitrogen and oxygen atoms in total. The third-order valence-corrected chi connectivity index (χ3v) is 10.2. The van der Waals surface area contributed by atoms with Crippen LogP contribution in [0.1, 0.15) is 11.1 Å². The normalized spacial score (nSPS) is 11.5. The first kappa shape index (κ1) is 42.9. The van der Waals surface area contributed by atoms with E-state index < -0.39 is 0 Å². The number of benzene rings is 6. The van der Waals surface area contributed by atoms with Crippen molar-refractivity contribution < 1.29 is 17.1 Å². The number of nitrogens with zero attached hydrogens (tertiary/aromatic N) is 4. The van der Waals surface area contributed by atoms with Gasteiger partial charge in [-0.25, -0.2) is 0 Å². The van der Waals surface area contributed by atoms with E-state index in [2.05, 4.69) is 106 Å². The molecule has 6 rings (SSSR count). The molecule has 11 heteroatoms. The van der Waals surface area contributed by atoms with Crippen molar-refractivity contribution in [3.63, 3.8) is 0 Å². The maximum Gasteiger partial charge on any atom is 2.00 e. The summed E-state index contributed by atoms with van der Waals surface area (Å²) in [5.74, 6) is 0. The molecule has 0 aliphatic carbocycles. The van der Waals surface area contributed by atoms with Gasteiger partial charge in [-0.1, -0.05) is 156 Å². The fourth-order valence-corrected chi connectivity index (χ4v) is 5.97.